The predicted molar refractivity (Wildman–Crippen MR) is 154 cm³/mol. The highest BCUT2D eigenvalue weighted by Gasteiger charge is 2.66. The van der Waals surface area contributed by atoms with Crippen LogP contribution in [-0.2, 0) is 18.5 Å². The Morgan fingerprint density at radius 3 is 1.40 bits per heavy atom. The van der Waals surface area contributed by atoms with Gasteiger partial charge in [-0.25, -0.2) is 8.78 Å². The zero-order valence-electron chi connectivity index (χ0n) is 22.6. The maximum atomic E-state index is 16.0. The van der Waals surface area contributed by atoms with Gasteiger partial charge in [0.2, 0.25) is 0 Å². The van der Waals surface area contributed by atoms with Crippen molar-refractivity contribution in [2.24, 2.45) is 5.92 Å². The lowest BCUT2D eigenvalue weighted by atomic mass is 9.69. The molecule has 0 unspecified atom stereocenters. The molecule has 1 aliphatic rings. The summed E-state index contributed by atoms with van der Waals surface area (Å²) in [7, 11) is 0. The van der Waals surface area contributed by atoms with Crippen molar-refractivity contribution in [3.05, 3.63) is 143 Å². The Hall–Kier alpha value is -4.39. The Kier molecular flexibility index (Phi) is 6.22. The summed E-state index contributed by atoms with van der Waals surface area (Å²) >= 11 is 0. The number of hydrogen-bond acceptors (Lipinski definition) is 0. The van der Waals surface area contributed by atoms with Crippen LogP contribution >= 0.6 is 0 Å². The third-order valence-corrected chi connectivity index (χ3v) is 8.57. The van der Waals surface area contributed by atoms with E-state index >= 15 is 13.2 Å². The van der Waals surface area contributed by atoms with E-state index in [0.29, 0.717) is 47.7 Å². The van der Waals surface area contributed by atoms with E-state index in [1.807, 2.05) is 60.7 Å². The molecule has 42 heavy (non-hydrogen) atoms. The molecule has 0 saturated heterocycles. The van der Waals surface area contributed by atoms with Gasteiger partial charge in [-0.2, -0.15) is 13.2 Å². The molecule has 4 aromatic carbocycles. The molecule has 2 heterocycles. The smallest absolute Gasteiger partial charge is 0.343 e. The van der Waals surface area contributed by atoms with Gasteiger partial charge in [-0.3, -0.25) is 0 Å². The Labute approximate surface area is 239 Å². The molecule has 0 N–H and O–H groups in total. The molecule has 7 rings (SSSR count). The van der Waals surface area contributed by atoms with Crippen LogP contribution in [0.25, 0.3) is 21.8 Å². The van der Waals surface area contributed by atoms with Crippen LogP contribution < -0.4 is 0 Å². The predicted octanol–water partition coefficient (Wildman–Crippen LogP) is 9.23. The van der Waals surface area contributed by atoms with E-state index in [-0.39, 0.29) is 11.1 Å². The van der Waals surface area contributed by atoms with Gasteiger partial charge in [0.05, 0.1) is 11.0 Å². The summed E-state index contributed by atoms with van der Waals surface area (Å²) in [5.41, 5.74) is 0.430. The fraction of sp³-hybridized carbons (Fsp3) is 0.200. The lowest BCUT2D eigenvalue weighted by Crippen LogP contribution is -2.45. The lowest BCUT2D eigenvalue weighted by Gasteiger charge is -2.36. The van der Waals surface area contributed by atoms with Crippen LogP contribution in [0.2, 0.25) is 0 Å². The minimum Gasteiger partial charge on any atom is -0.343 e. The second-order valence-corrected chi connectivity index (χ2v) is 11.2. The molecular weight excluding hydrogens is 543 g/mol. The number of nitrogens with zero attached hydrogens (tertiary/aromatic N) is 2. The number of fused-ring (bicyclic) bond motifs is 2. The van der Waals surface area contributed by atoms with Crippen molar-refractivity contribution in [2.45, 2.75) is 37.5 Å². The van der Waals surface area contributed by atoms with Gasteiger partial charge in [0.1, 0.15) is 17.0 Å². The SMILES string of the molecule is Fc1ccc2c(C(c3cn(Cc4ccccc4)c4cc(F)ccc34)(C3CC3)C(F)(F)F)cn(Cc3ccccc3)c2c1. The highest BCUT2D eigenvalue weighted by molar-refractivity contribution is 5.91. The highest BCUT2D eigenvalue weighted by atomic mass is 19.4. The second-order valence-electron chi connectivity index (χ2n) is 11.2. The molecule has 0 spiro atoms. The number of benzene rings is 4. The molecular formula is C35H27F5N2. The fourth-order valence-electron chi connectivity index (χ4n) is 6.62. The summed E-state index contributed by atoms with van der Waals surface area (Å²) in [4.78, 5) is 0. The molecule has 7 heteroatoms. The first-order valence-corrected chi connectivity index (χ1v) is 14.0. The maximum absolute atomic E-state index is 16.0. The van der Waals surface area contributed by atoms with Crippen molar-refractivity contribution in [1.82, 2.24) is 9.13 Å². The van der Waals surface area contributed by atoms with E-state index in [4.69, 9.17) is 0 Å². The molecule has 212 valence electrons. The average molecular weight is 571 g/mol. The van der Waals surface area contributed by atoms with Gasteiger partial charge in [0.15, 0.2) is 0 Å². The molecule has 0 radical (unpaired) electrons. The quantitative estimate of drug-likeness (QED) is 0.169. The van der Waals surface area contributed by atoms with Crippen molar-refractivity contribution in [3.8, 4) is 0 Å². The van der Waals surface area contributed by atoms with Crippen molar-refractivity contribution in [1.29, 1.82) is 0 Å². The van der Waals surface area contributed by atoms with Crippen LogP contribution in [0.3, 0.4) is 0 Å². The second kappa shape index (κ2) is 9.86. The Balaban J connectivity index is 1.52. The molecule has 2 aromatic heterocycles. The van der Waals surface area contributed by atoms with Crippen LogP contribution in [0.15, 0.2) is 109 Å². The zero-order chi connectivity index (χ0) is 29.1. The Morgan fingerprint density at radius 2 is 1.02 bits per heavy atom. The van der Waals surface area contributed by atoms with Crippen LogP contribution in [0, 0.1) is 17.6 Å². The topological polar surface area (TPSA) is 9.86 Å². The normalized spacial score (nSPS) is 14.2. The van der Waals surface area contributed by atoms with Crippen molar-refractivity contribution in [2.75, 3.05) is 0 Å². The number of hydrogen-bond donors (Lipinski definition) is 0. The van der Waals surface area contributed by atoms with E-state index in [9.17, 15) is 8.78 Å². The fourth-order valence-corrected chi connectivity index (χ4v) is 6.62. The number of aromatic nitrogens is 2. The average Bonchev–Trinajstić information content (AvgIpc) is 3.68. The van der Waals surface area contributed by atoms with E-state index in [1.165, 1.54) is 36.4 Å². The molecule has 0 atom stereocenters. The van der Waals surface area contributed by atoms with Crippen molar-refractivity contribution < 1.29 is 22.0 Å². The first-order chi connectivity index (χ1) is 20.3. The third kappa shape index (κ3) is 4.30. The molecule has 0 bridgehead atoms. The Morgan fingerprint density at radius 1 is 0.595 bits per heavy atom. The first kappa shape index (κ1) is 26.5. The summed E-state index contributed by atoms with van der Waals surface area (Å²) in [6, 6.07) is 26.8. The minimum absolute atomic E-state index is 0.103. The molecule has 6 aromatic rings. The molecule has 1 saturated carbocycles. The van der Waals surface area contributed by atoms with Crippen LogP contribution in [0.5, 0.6) is 0 Å². The van der Waals surface area contributed by atoms with Crippen LogP contribution in [0.4, 0.5) is 22.0 Å². The molecule has 0 aliphatic heterocycles. The monoisotopic (exact) mass is 570 g/mol. The van der Waals surface area contributed by atoms with Crippen molar-refractivity contribution >= 4 is 21.8 Å². The molecule has 2 nitrogen and oxygen atoms in total. The van der Waals surface area contributed by atoms with Gasteiger partial charge in [0, 0.05) is 36.3 Å². The molecule has 1 aliphatic carbocycles. The van der Waals surface area contributed by atoms with E-state index in [1.54, 1.807) is 21.5 Å². The van der Waals surface area contributed by atoms with Gasteiger partial charge in [0.25, 0.3) is 0 Å². The number of alkyl halides is 3. The first-order valence-electron chi connectivity index (χ1n) is 14.0. The Bertz CT molecular complexity index is 1770. The van der Waals surface area contributed by atoms with E-state index < -0.39 is 29.1 Å². The number of rotatable bonds is 7. The molecule has 1 fully saturated rings. The highest BCUT2D eigenvalue weighted by Crippen LogP contribution is 2.62. The number of halogens is 5. The molecule has 0 amide bonds. The van der Waals surface area contributed by atoms with Gasteiger partial charge in [-0.05, 0) is 77.4 Å². The van der Waals surface area contributed by atoms with Gasteiger partial charge in [-0.15, -0.1) is 0 Å². The van der Waals surface area contributed by atoms with Gasteiger partial charge in [-0.1, -0.05) is 60.7 Å². The maximum Gasteiger partial charge on any atom is 0.402 e. The van der Waals surface area contributed by atoms with E-state index in [0.717, 1.165) is 11.1 Å². The summed E-state index contributed by atoms with van der Waals surface area (Å²) in [5, 5.41) is 0.727. The summed E-state index contributed by atoms with van der Waals surface area (Å²) in [6.45, 7) is 0.584. The van der Waals surface area contributed by atoms with Crippen LogP contribution in [0.1, 0.15) is 35.1 Å². The van der Waals surface area contributed by atoms with Crippen molar-refractivity contribution in [3.63, 3.8) is 0 Å². The summed E-state index contributed by atoms with van der Waals surface area (Å²) in [6.07, 6.45) is -0.758. The standard InChI is InChI=1S/C35H27F5N2/c36-26-13-15-28-30(21-41(32(28)17-26)19-23-7-3-1-4-8-23)34(25-11-12-25,35(38,39)40)31-22-42(20-24-9-5-2-6-10-24)33-18-27(37)14-16-29(31)33/h1-10,13-18,21-22,25H,11-12,19-20H2. The van der Waals surface area contributed by atoms with E-state index in [2.05, 4.69) is 0 Å². The largest absolute Gasteiger partial charge is 0.402 e. The summed E-state index contributed by atoms with van der Waals surface area (Å²) in [5.74, 6) is -1.74. The van der Waals surface area contributed by atoms with Gasteiger partial charge < -0.3 is 9.13 Å². The lowest BCUT2D eigenvalue weighted by molar-refractivity contribution is -0.183. The third-order valence-electron chi connectivity index (χ3n) is 8.57. The van der Waals surface area contributed by atoms with Crippen LogP contribution in [-0.4, -0.2) is 15.3 Å². The summed E-state index contributed by atoms with van der Waals surface area (Å²) < 4.78 is 80.4. The zero-order valence-corrected chi connectivity index (χ0v) is 22.6. The van der Waals surface area contributed by atoms with Gasteiger partial charge >= 0.3 is 6.18 Å². The minimum atomic E-state index is -4.69.